The van der Waals surface area contributed by atoms with Gasteiger partial charge in [0.05, 0.1) is 5.69 Å². The maximum atomic E-state index is 5.93. The zero-order chi connectivity index (χ0) is 17.8. The lowest BCUT2D eigenvalue weighted by atomic mass is 10.0. The summed E-state index contributed by atoms with van der Waals surface area (Å²) in [7, 11) is 0. The lowest BCUT2D eigenvalue weighted by Gasteiger charge is -2.34. The van der Waals surface area contributed by atoms with Crippen molar-refractivity contribution in [3.63, 3.8) is 0 Å². The molecule has 2 aliphatic rings. The fourth-order valence-corrected chi connectivity index (χ4v) is 3.68. The third kappa shape index (κ3) is 5.21. The predicted molar refractivity (Wildman–Crippen MR) is 114 cm³/mol. The molecule has 0 atom stereocenters. The lowest BCUT2D eigenvalue weighted by Crippen LogP contribution is -2.39. The highest BCUT2D eigenvalue weighted by atomic mass is 35.5. The van der Waals surface area contributed by atoms with Crippen molar-refractivity contribution in [1.29, 1.82) is 0 Å². The number of anilines is 1. The molecule has 0 spiro atoms. The first-order valence-corrected chi connectivity index (χ1v) is 9.61. The highest BCUT2D eigenvalue weighted by Gasteiger charge is 2.26. The normalized spacial score (nSPS) is 17.0. The minimum absolute atomic E-state index is 0. The van der Waals surface area contributed by atoms with E-state index in [0.717, 1.165) is 69.9 Å². The van der Waals surface area contributed by atoms with Crippen LogP contribution in [0.1, 0.15) is 36.8 Å². The Morgan fingerprint density at radius 2 is 1.79 bits per heavy atom. The Labute approximate surface area is 178 Å². The molecule has 0 aromatic carbocycles. The van der Waals surface area contributed by atoms with Crippen LogP contribution >= 0.6 is 24.8 Å². The Morgan fingerprint density at radius 3 is 2.50 bits per heavy atom. The SMILES string of the molecule is CCc1nc2c(c(N3CCC(Oc4ncccn4)CC3)n1)CCNCC2.Cl.Cl. The molecule has 9 heteroatoms. The summed E-state index contributed by atoms with van der Waals surface area (Å²) in [6.07, 6.45) is 8.38. The fourth-order valence-electron chi connectivity index (χ4n) is 3.68. The molecule has 2 aliphatic heterocycles. The number of hydrogen-bond donors (Lipinski definition) is 1. The van der Waals surface area contributed by atoms with Crippen LogP contribution in [0, 0.1) is 0 Å². The summed E-state index contributed by atoms with van der Waals surface area (Å²) in [5, 5.41) is 3.48. The van der Waals surface area contributed by atoms with Gasteiger partial charge in [-0.3, -0.25) is 0 Å². The minimum atomic E-state index is 0. The highest BCUT2D eigenvalue weighted by molar-refractivity contribution is 5.85. The van der Waals surface area contributed by atoms with Crippen LogP contribution in [-0.4, -0.2) is 52.2 Å². The minimum Gasteiger partial charge on any atom is -0.460 e. The fraction of sp³-hybridized carbons (Fsp3) is 0.579. The van der Waals surface area contributed by atoms with E-state index in [2.05, 4.69) is 27.1 Å². The lowest BCUT2D eigenvalue weighted by molar-refractivity contribution is 0.156. The first-order chi connectivity index (χ1) is 12.8. The molecule has 1 N–H and O–H groups in total. The van der Waals surface area contributed by atoms with Crippen molar-refractivity contribution < 1.29 is 4.74 Å². The Morgan fingerprint density at radius 1 is 1.07 bits per heavy atom. The monoisotopic (exact) mass is 426 g/mol. The van der Waals surface area contributed by atoms with E-state index >= 15 is 0 Å². The van der Waals surface area contributed by atoms with Crippen LogP contribution in [0.3, 0.4) is 0 Å². The average Bonchev–Trinajstić information content (AvgIpc) is 2.94. The van der Waals surface area contributed by atoms with Gasteiger partial charge in [-0.2, -0.15) is 0 Å². The van der Waals surface area contributed by atoms with Crippen molar-refractivity contribution in [3.05, 3.63) is 35.5 Å². The van der Waals surface area contributed by atoms with E-state index in [4.69, 9.17) is 14.7 Å². The standard InChI is InChI=1S/C19H26N6O.2ClH/c1-2-17-23-16-5-11-20-10-4-15(16)18(24-17)25-12-6-14(7-13-25)26-19-21-8-3-9-22-19;;/h3,8-9,14,20H,2,4-7,10-13H2,1H3;2*1H. The first-order valence-electron chi connectivity index (χ1n) is 9.61. The van der Waals surface area contributed by atoms with E-state index in [1.165, 1.54) is 11.3 Å². The first kappa shape index (κ1) is 22.6. The van der Waals surface area contributed by atoms with Crippen molar-refractivity contribution >= 4 is 30.6 Å². The van der Waals surface area contributed by atoms with Crippen molar-refractivity contribution in [2.45, 2.75) is 45.1 Å². The molecule has 0 saturated carbocycles. The highest BCUT2D eigenvalue weighted by Crippen LogP contribution is 2.27. The van der Waals surface area contributed by atoms with Crippen LogP contribution < -0.4 is 15.0 Å². The van der Waals surface area contributed by atoms with Gasteiger partial charge in [0.2, 0.25) is 0 Å². The Kier molecular flexibility index (Phi) is 8.66. The van der Waals surface area contributed by atoms with E-state index in [1.807, 2.05) is 0 Å². The zero-order valence-corrected chi connectivity index (χ0v) is 17.8. The summed E-state index contributed by atoms with van der Waals surface area (Å²) < 4.78 is 5.93. The molecule has 0 bridgehead atoms. The summed E-state index contributed by atoms with van der Waals surface area (Å²) in [6, 6.07) is 2.28. The molecule has 4 rings (SSSR count). The van der Waals surface area contributed by atoms with E-state index < -0.39 is 0 Å². The number of nitrogens with zero attached hydrogens (tertiary/aromatic N) is 5. The number of piperidine rings is 1. The van der Waals surface area contributed by atoms with Crippen LogP contribution in [0.5, 0.6) is 6.01 Å². The van der Waals surface area contributed by atoms with E-state index in [-0.39, 0.29) is 30.9 Å². The van der Waals surface area contributed by atoms with E-state index in [1.54, 1.807) is 18.5 Å². The van der Waals surface area contributed by atoms with Gasteiger partial charge in [-0.25, -0.2) is 19.9 Å². The summed E-state index contributed by atoms with van der Waals surface area (Å²) in [6.45, 7) is 6.01. The molecule has 0 unspecified atom stereocenters. The second kappa shape index (κ2) is 10.7. The number of rotatable bonds is 4. The summed E-state index contributed by atoms with van der Waals surface area (Å²) in [5.74, 6) is 2.10. The largest absolute Gasteiger partial charge is 0.460 e. The average molecular weight is 427 g/mol. The number of fused-ring (bicyclic) bond motifs is 1. The summed E-state index contributed by atoms with van der Waals surface area (Å²) in [5.41, 5.74) is 2.56. The molecular weight excluding hydrogens is 399 g/mol. The third-order valence-electron chi connectivity index (χ3n) is 5.08. The quantitative estimate of drug-likeness (QED) is 0.803. The van der Waals surface area contributed by atoms with Gasteiger partial charge in [-0.1, -0.05) is 6.92 Å². The van der Waals surface area contributed by atoms with Gasteiger partial charge < -0.3 is 15.0 Å². The molecule has 0 aliphatic carbocycles. The Bertz CT molecular complexity index is 741. The molecule has 7 nitrogen and oxygen atoms in total. The van der Waals surface area contributed by atoms with Crippen molar-refractivity contribution in [2.24, 2.45) is 0 Å². The van der Waals surface area contributed by atoms with Crippen LogP contribution in [0.25, 0.3) is 0 Å². The topological polar surface area (TPSA) is 76.1 Å². The van der Waals surface area contributed by atoms with Crippen LogP contribution in [-0.2, 0) is 19.3 Å². The molecular formula is C19H28Cl2N6O. The van der Waals surface area contributed by atoms with Crippen molar-refractivity contribution in [1.82, 2.24) is 25.3 Å². The van der Waals surface area contributed by atoms with Crippen molar-refractivity contribution in [3.8, 4) is 6.01 Å². The second-order valence-electron chi connectivity index (χ2n) is 6.83. The smallest absolute Gasteiger partial charge is 0.316 e. The maximum Gasteiger partial charge on any atom is 0.316 e. The summed E-state index contributed by atoms with van der Waals surface area (Å²) >= 11 is 0. The molecule has 1 fully saturated rings. The number of nitrogens with one attached hydrogen (secondary N) is 1. The third-order valence-corrected chi connectivity index (χ3v) is 5.08. The van der Waals surface area contributed by atoms with E-state index in [9.17, 15) is 0 Å². The number of aromatic nitrogens is 4. The van der Waals surface area contributed by atoms with Gasteiger partial charge in [0.15, 0.2) is 0 Å². The zero-order valence-electron chi connectivity index (χ0n) is 16.1. The molecule has 28 heavy (non-hydrogen) atoms. The second-order valence-corrected chi connectivity index (χ2v) is 6.83. The maximum absolute atomic E-state index is 5.93. The molecule has 4 heterocycles. The molecule has 0 radical (unpaired) electrons. The van der Waals surface area contributed by atoms with Gasteiger partial charge in [0.1, 0.15) is 17.7 Å². The Hall–Kier alpha value is -1.70. The molecule has 154 valence electrons. The number of aryl methyl sites for hydroxylation is 1. The number of ether oxygens (including phenoxy) is 1. The number of halogens is 2. The number of hydrogen-bond acceptors (Lipinski definition) is 7. The molecule has 2 aromatic heterocycles. The van der Waals surface area contributed by atoms with Gasteiger partial charge in [-0.15, -0.1) is 24.8 Å². The van der Waals surface area contributed by atoms with Gasteiger partial charge in [-0.05, 0) is 19.0 Å². The van der Waals surface area contributed by atoms with Crippen LogP contribution in [0.4, 0.5) is 5.82 Å². The van der Waals surface area contributed by atoms with Crippen LogP contribution in [0.2, 0.25) is 0 Å². The van der Waals surface area contributed by atoms with Gasteiger partial charge in [0.25, 0.3) is 0 Å². The van der Waals surface area contributed by atoms with Gasteiger partial charge >= 0.3 is 6.01 Å². The van der Waals surface area contributed by atoms with Gasteiger partial charge in [0, 0.05) is 63.3 Å². The molecule has 1 saturated heterocycles. The molecule has 2 aromatic rings. The molecule has 0 amide bonds. The summed E-state index contributed by atoms with van der Waals surface area (Å²) in [4.78, 5) is 20.4. The van der Waals surface area contributed by atoms with E-state index in [0.29, 0.717) is 6.01 Å². The Balaban J connectivity index is 0.00000140. The predicted octanol–water partition coefficient (Wildman–Crippen LogP) is 2.41. The van der Waals surface area contributed by atoms with Crippen molar-refractivity contribution in [2.75, 3.05) is 31.1 Å². The van der Waals surface area contributed by atoms with Crippen LogP contribution in [0.15, 0.2) is 18.5 Å².